The van der Waals surface area contributed by atoms with Crippen LogP contribution in [0.4, 0.5) is 0 Å². The number of hydrogen-bond donors (Lipinski definition) is 1. The van der Waals surface area contributed by atoms with Crippen molar-refractivity contribution in [1.82, 2.24) is 10.2 Å². The van der Waals surface area contributed by atoms with Crippen LogP contribution in [-0.2, 0) is 10.2 Å². The molecule has 0 bridgehead atoms. The summed E-state index contributed by atoms with van der Waals surface area (Å²) in [4.78, 5) is 15.6. The van der Waals surface area contributed by atoms with Crippen LogP contribution in [0.2, 0.25) is 5.02 Å². The van der Waals surface area contributed by atoms with E-state index in [0.29, 0.717) is 11.6 Å². The van der Waals surface area contributed by atoms with Crippen molar-refractivity contribution in [3.8, 4) is 5.75 Å². The second-order valence-corrected chi connectivity index (χ2v) is 8.27. The summed E-state index contributed by atoms with van der Waals surface area (Å²) >= 11 is 6.01. The fraction of sp³-hybridized carbons (Fsp3) is 0.435. The summed E-state index contributed by atoms with van der Waals surface area (Å²) < 4.78 is 5.29. The average Bonchev–Trinajstić information content (AvgIpc) is 3.37. The molecule has 2 fully saturated rings. The first-order valence-electron chi connectivity index (χ1n) is 10.0. The Morgan fingerprint density at radius 3 is 2.32 bits per heavy atom. The van der Waals surface area contributed by atoms with Gasteiger partial charge in [0.15, 0.2) is 0 Å². The Hall–Kier alpha value is -2.04. The topological polar surface area (TPSA) is 41.6 Å². The first kappa shape index (κ1) is 19.3. The van der Waals surface area contributed by atoms with Crippen LogP contribution in [0.15, 0.2) is 48.5 Å². The number of carbonyl (C=O) groups excluding carboxylic acids is 1. The van der Waals surface area contributed by atoms with E-state index in [2.05, 4.69) is 22.3 Å². The fourth-order valence-electron chi connectivity index (χ4n) is 4.24. The molecular formula is C23H27ClN2O2. The van der Waals surface area contributed by atoms with E-state index in [-0.39, 0.29) is 17.4 Å². The van der Waals surface area contributed by atoms with Gasteiger partial charge in [0.1, 0.15) is 5.75 Å². The van der Waals surface area contributed by atoms with E-state index in [1.807, 2.05) is 36.4 Å². The minimum atomic E-state index is -0.375. The Labute approximate surface area is 171 Å². The number of benzene rings is 2. The van der Waals surface area contributed by atoms with Gasteiger partial charge in [-0.15, -0.1) is 0 Å². The van der Waals surface area contributed by atoms with Crippen LogP contribution in [0.1, 0.15) is 42.9 Å². The molecule has 1 aliphatic carbocycles. The van der Waals surface area contributed by atoms with Crippen LogP contribution in [0.25, 0.3) is 0 Å². The van der Waals surface area contributed by atoms with Gasteiger partial charge in [-0.2, -0.15) is 0 Å². The predicted molar refractivity (Wildman–Crippen MR) is 112 cm³/mol. The number of nitrogens with zero attached hydrogens (tertiary/aromatic N) is 1. The summed E-state index contributed by atoms with van der Waals surface area (Å²) in [6.07, 6.45) is 4.24. The number of likely N-dealkylation sites (tertiary alicyclic amines) is 1. The minimum absolute atomic E-state index is 0.132. The third-order valence-corrected chi connectivity index (χ3v) is 6.37. The summed E-state index contributed by atoms with van der Waals surface area (Å²) in [5, 5.41) is 3.96. The summed E-state index contributed by atoms with van der Waals surface area (Å²) in [5.41, 5.74) is 1.91. The molecule has 1 aliphatic heterocycles. The number of methoxy groups -OCH3 is 1. The number of hydrogen-bond acceptors (Lipinski definition) is 3. The molecule has 1 amide bonds. The zero-order valence-corrected chi connectivity index (χ0v) is 17.0. The molecule has 1 atom stereocenters. The lowest BCUT2D eigenvalue weighted by Crippen LogP contribution is -2.41. The van der Waals surface area contributed by atoms with Crippen molar-refractivity contribution in [2.24, 2.45) is 0 Å². The monoisotopic (exact) mass is 398 g/mol. The van der Waals surface area contributed by atoms with Gasteiger partial charge >= 0.3 is 0 Å². The fourth-order valence-corrected chi connectivity index (χ4v) is 4.36. The molecule has 0 spiro atoms. The number of halogens is 1. The quantitative estimate of drug-likeness (QED) is 0.754. The van der Waals surface area contributed by atoms with Gasteiger partial charge in [0, 0.05) is 11.6 Å². The van der Waals surface area contributed by atoms with E-state index in [0.717, 1.165) is 37.2 Å². The molecule has 0 aromatic heterocycles. The molecule has 2 aromatic carbocycles. The Morgan fingerprint density at radius 1 is 1.11 bits per heavy atom. The molecule has 2 aliphatic rings. The van der Waals surface area contributed by atoms with Crippen molar-refractivity contribution in [2.45, 2.75) is 37.1 Å². The number of amides is 1. The lowest BCUT2D eigenvalue weighted by Gasteiger charge is -2.29. The first-order valence-corrected chi connectivity index (χ1v) is 10.4. The first-order chi connectivity index (χ1) is 13.6. The van der Waals surface area contributed by atoms with Crippen molar-refractivity contribution in [2.75, 3.05) is 26.7 Å². The number of ether oxygens (including phenoxy) is 1. The van der Waals surface area contributed by atoms with Crippen LogP contribution in [0.5, 0.6) is 5.75 Å². The molecule has 1 saturated carbocycles. The smallest absolute Gasteiger partial charge is 0.230 e. The molecule has 28 heavy (non-hydrogen) atoms. The van der Waals surface area contributed by atoms with Crippen LogP contribution >= 0.6 is 11.6 Å². The number of carbonyl (C=O) groups is 1. The van der Waals surface area contributed by atoms with Crippen molar-refractivity contribution in [1.29, 1.82) is 0 Å². The SMILES string of the molecule is COc1ccc(C(CNC(=O)C2(c3ccc(Cl)cc3)CC2)N2CCCC2)cc1. The predicted octanol–water partition coefficient (Wildman–Crippen LogP) is 4.33. The van der Waals surface area contributed by atoms with E-state index in [9.17, 15) is 4.79 Å². The molecule has 2 aromatic rings. The molecule has 0 radical (unpaired) electrons. The molecule has 1 heterocycles. The lowest BCUT2D eigenvalue weighted by atomic mass is 9.94. The van der Waals surface area contributed by atoms with Crippen molar-refractivity contribution >= 4 is 17.5 Å². The van der Waals surface area contributed by atoms with Gasteiger partial charge in [0.05, 0.1) is 18.6 Å². The maximum absolute atomic E-state index is 13.1. The second kappa shape index (κ2) is 8.14. The second-order valence-electron chi connectivity index (χ2n) is 7.83. The summed E-state index contributed by atoms with van der Waals surface area (Å²) in [6.45, 7) is 2.78. The van der Waals surface area contributed by atoms with Crippen molar-refractivity contribution in [3.63, 3.8) is 0 Å². The third-order valence-electron chi connectivity index (χ3n) is 6.12. The van der Waals surface area contributed by atoms with Crippen molar-refractivity contribution < 1.29 is 9.53 Å². The van der Waals surface area contributed by atoms with Gasteiger partial charge < -0.3 is 10.1 Å². The summed E-state index contributed by atoms with van der Waals surface area (Å²) in [7, 11) is 1.68. The lowest BCUT2D eigenvalue weighted by molar-refractivity contribution is -0.123. The number of nitrogens with one attached hydrogen (secondary N) is 1. The zero-order chi connectivity index (χ0) is 19.6. The molecular weight excluding hydrogens is 372 g/mol. The maximum Gasteiger partial charge on any atom is 0.230 e. The largest absolute Gasteiger partial charge is 0.497 e. The maximum atomic E-state index is 13.1. The molecule has 1 N–H and O–H groups in total. The highest BCUT2D eigenvalue weighted by Gasteiger charge is 2.51. The van der Waals surface area contributed by atoms with E-state index in [4.69, 9.17) is 16.3 Å². The standard InChI is InChI=1S/C23H27ClN2O2/c1-28-20-10-4-17(5-11-20)21(26-14-2-3-15-26)16-25-22(27)23(12-13-23)18-6-8-19(24)9-7-18/h4-11,21H,2-3,12-16H2,1H3,(H,25,27). The number of rotatable bonds is 7. The molecule has 148 valence electrons. The van der Waals surface area contributed by atoms with Crippen LogP contribution in [0, 0.1) is 0 Å². The Balaban J connectivity index is 1.47. The Kier molecular flexibility index (Phi) is 5.61. The van der Waals surface area contributed by atoms with E-state index >= 15 is 0 Å². The van der Waals surface area contributed by atoms with E-state index in [1.54, 1.807) is 7.11 Å². The van der Waals surface area contributed by atoms with Crippen molar-refractivity contribution in [3.05, 3.63) is 64.7 Å². The van der Waals surface area contributed by atoms with Gasteiger partial charge in [0.2, 0.25) is 5.91 Å². The highest BCUT2D eigenvalue weighted by Crippen LogP contribution is 2.48. The minimum Gasteiger partial charge on any atom is -0.497 e. The van der Waals surface area contributed by atoms with E-state index in [1.165, 1.54) is 18.4 Å². The van der Waals surface area contributed by atoms with Gasteiger partial charge in [-0.25, -0.2) is 0 Å². The van der Waals surface area contributed by atoms with Gasteiger partial charge in [-0.1, -0.05) is 35.9 Å². The highest BCUT2D eigenvalue weighted by molar-refractivity contribution is 6.30. The summed E-state index contributed by atoms with van der Waals surface area (Å²) in [5.74, 6) is 0.986. The van der Waals surface area contributed by atoms with E-state index < -0.39 is 0 Å². The summed E-state index contributed by atoms with van der Waals surface area (Å²) in [6, 6.07) is 16.1. The zero-order valence-electron chi connectivity index (χ0n) is 16.3. The van der Waals surface area contributed by atoms with Gasteiger partial charge in [-0.3, -0.25) is 9.69 Å². The molecule has 1 unspecified atom stereocenters. The normalized spacial score (nSPS) is 19.2. The van der Waals surface area contributed by atoms with Gasteiger partial charge in [-0.05, 0) is 74.2 Å². The Bertz CT molecular complexity index is 810. The average molecular weight is 399 g/mol. The molecule has 4 nitrogen and oxygen atoms in total. The van der Waals surface area contributed by atoms with Crippen LogP contribution in [0.3, 0.4) is 0 Å². The van der Waals surface area contributed by atoms with Gasteiger partial charge in [0.25, 0.3) is 0 Å². The van der Waals surface area contributed by atoms with Crippen LogP contribution < -0.4 is 10.1 Å². The highest BCUT2D eigenvalue weighted by atomic mass is 35.5. The third kappa shape index (κ3) is 3.89. The molecule has 4 rings (SSSR count). The molecule has 5 heteroatoms. The molecule has 1 saturated heterocycles. The van der Waals surface area contributed by atoms with Crippen LogP contribution in [-0.4, -0.2) is 37.6 Å². The Morgan fingerprint density at radius 2 is 1.75 bits per heavy atom.